The number of nitrogens with zero attached hydrogens (tertiary/aromatic N) is 17. The van der Waals surface area contributed by atoms with Crippen LogP contribution in [0, 0.1) is 50.2 Å². The molecule has 1 aromatic rings. The van der Waals surface area contributed by atoms with Gasteiger partial charge in [0.1, 0.15) is 6.61 Å². The Morgan fingerprint density at radius 3 is 1.09 bits per heavy atom. The van der Waals surface area contributed by atoms with Crippen LogP contribution in [0.5, 0.6) is 0 Å². The molecular formula is C104H191N17O15. The minimum absolute atomic E-state index is 0.0423. The van der Waals surface area contributed by atoms with Gasteiger partial charge in [-0.1, -0.05) is 130 Å². The Morgan fingerprint density at radius 2 is 0.728 bits per heavy atom. The van der Waals surface area contributed by atoms with Gasteiger partial charge in [-0.25, -0.2) is 9.48 Å². The topological polar surface area (TPSA) is 299 Å². The van der Waals surface area contributed by atoms with Crippen LogP contribution in [0.3, 0.4) is 0 Å². The van der Waals surface area contributed by atoms with Crippen molar-refractivity contribution in [1.29, 1.82) is 0 Å². The molecule has 13 rings (SSSR count). The Balaban J connectivity index is 0.000000201. The van der Waals surface area contributed by atoms with Crippen LogP contribution in [-0.4, -0.2) is 435 Å². The first-order valence-electron chi connectivity index (χ1n) is 52.7. The van der Waals surface area contributed by atoms with Crippen LogP contribution in [0.25, 0.3) is 0 Å². The Morgan fingerprint density at radius 1 is 0.368 bits per heavy atom. The van der Waals surface area contributed by atoms with Crippen molar-refractivity contribution >= 4 is 47.4 Å². The maximum absolute atomic E-state index is 12.3. The summed E-state index contributed by atoms with van der Waals surface area (Å²) in [5.74, 6) is 3.78. The monoisotopic (exact) mass is 1920 g/mol. The molecule has 13 heterocycles. The minimum Gasteiger partial charge on any atom is -0.453 e. The third-order valence-electron chi connectivity index (χ3n) is 28.8. The molecule has 32 nitrogen and oxygen atoms in total. The highest BCUT2D eigenvalue weighted by Crippen LogP contribution is 2.34. The number of piperidine rings is 6. The molecule has 0 spiro atoms. The lowest BCUT2D eigenvalue weighted by molar-refractivity contribution is -0.137. The van der Waals surface area contributed by atoms with Crippen molar-refractivity contribution in [2.24, 2.45) is 50.2 Å². The van der Waals surface area contributed by atoms with Gasteiger partial charge in [-0.05, 0) is 147 Å². The predicted octanol–water partition coefficient (Wildman–Crippen LogP) is 10.2. The minimum atomic E-state index is -0.222. The molecular weight excluding hydrogens is 1730 g/mol. The second kappa shape index (κ2) is 55.7. The third kappa shape index (κ3) is 42.4. The smallest absolute Gasteiger partial charge is 0.409 e. The molecule has 1 aromatic heterocycles. The summed E-state index contributed by atoms with van der Waals surface area (Å²) in [5.41, 5.74) is 1.71. The zero-order chi connectivity index (χ0) is 99.7. The van der Waals surface area contributed by atoms with Crippen molar-refractivity contribution in [1.82, 2.24) is 83.6 Å². The third-order valence-corrected chi connectivity index (χ3v) is 28.8. The predicted molar refractivity (Wildman–Crippen MR) is 535 cm³/mol. The molecule has 0 saturated carbocycles. The number of aliphatic hydroxyl groups excluding tert-OH is 2. The summed E-state index contributed by atoms with van der Waals surface area (Å²) in [5, 5.41) is 27.5. The largest absolute Gasteiger partial charge is 0.453 e. The number of piperazine rings is 3. The first-order valence-corrected chi connectivity index (χ1v) is 52.7. The Hall–Kier alpha value is -5.78. The number of amides is 8. The number of carbonyl (C=O) groups is 8. The van der Waals surface area contributed by atoms with E-state index < -0.39 is 0 Å². The fraction of sp³-hybridized carbons (Fsp3) is 0.904. The van der Waals surface area contributed by atoms with Gasteiger partial charge in [-0.3, -0.25) is 58.1 Å². The van der Waals surface area contributed by atoms with Crippen molar-refractivity contribution in [3.05, 3.63) is 11.9 Å². The van der Waals surface area contributed by atoms with Gasteiger partial charge >= 0.3 is 6.09 Å². The highest BCUT2D eigenvalue weighted by Gasteiger charge is 2.39. The summed E-state index contributed by atoms with van der Waals surface area (Å²) < 4.78 is 28.2. The molecule has 12 saturated heterocycles. The van der Waals surface area contributed by atoms with Crippen LogP contribution in [0.1, 0.15) is 265 Å². The molecule has 12 fully saturated rings. The molecule has 0 aromatic carbocycles. The first kappa shape index (κ1) is 115. The number of aromatic nitrogens is 3. The molecule has 2 atom stereocenters. The van der Waals surface area contributed by atoms with Gasteiger partial charge in [-0.15, -0.1) is 5.10 Å². The van der Waals surface area contributed by atoms with E-state index in [1.165, 1.54) is 45.9 Å². The van der Waals surface area contributed by atoms with E-state index in [4.69, 9.17) is 23.7 Å². The zero-order valence-corrected chi connectivity index (χ0v) is 89.1. The van der Waals surface area contributed by atoms with E-state index in [0.717, 1.165) is 285 Å². The summed E-state index contributed by atoms with van der Waals surface area (Å²) in [6.45, 7) is 72.1. The van der Waals surface area contributed by atoms with Gasteiger partial charge in [0.05, 0.1) is 64.0 Å². The van der Waals surface area contributed by atoms with E-state index in [9.17, 15) is 48.6 Å². The number of hydrogen-bond acceptors (Lipinski definition) is 23. The van der Waals surface area contributed by atoms with Crippen LogP contribution in [0.2, 0.25) is 0 Å². The summed E-state index contributed by atoms with van der Waals surface area (Å²) in [7, 11) is 3.00. The molecule has 782 valence electrons. The zero-order valence-electron chi connectivity index (χ0n) is 89.1. The molecule has 12 aliphatic rings. The molecule has 32 heteroatoms. The molecule has 136 heavy (non-hydrogen) atoms. The molecule has 8 amide bonds. The standard InChI is InChI=1S/C19H35N3O3.C18H33N3O3.C18H33N3O2.C17H30N4O.2C16H30N2O3/c1-19(2,3)13-17(23)21-7-5-16(6-8-21)14-20-9-11-22(12-10-20)18(24)15-25-4;1-18(2,3)13-16(22)20-7-5-15(6-8-20)14-19-9-11-21(12-10-19)17(23)24-4;1-15(22)20-11-9-19(10-12-20)14-16-5-7-21(8-6-16)17(23)13-18(2,3)4;1-17(2,3)12-14-13-21(19-18-14)16-4-8-20(9-5-16)15-6-10-22-11-7-15;1-16(2,3)10-15(20)17-6-4-13(5-7-17)18-8-9-21-12-14(18)11-19;1-16(2,3)10-15(20)17-6-4-13(5-7-17)18-8-9-21-14(11-18)12-19/h16H,5-15H2,1-4H3;15H,5-14H2,1-4H3;16H,5-14H2,1-4H3;13,15-16H,4-12H2,1-3H3;2*13-14,19H,4-12H2,1-3H3/t;;;;;14-/m.....0/s1. The summed E-state index contributed by atoms with van der Waals surface area (Å²) in [6, 6.07) is 2.39. The second-order valence-corrected chi connectivity index (χ2v) is 48.4. The van der Waals surface area contributed by atoms with Crippen molar-refractivity contribution in [2.45, 2.75) is 296 Å². The van der Waals surface area contributed by atoms with Crippen molar-refractivity contribution in [2.75, 3.05) is 263 Å². The van der Waals surface area contributed by atoms with Gasteiger partial charge in [0.2, 0.25) is 41.4 Å². The van der Waals surface area contributed by atoms with Gasteiger partial charge in [0.15, 0.2) is 0 Å². The summed E-state index contributed by atoms with van der Waals surface area (Å²) >= 11 is 0. The van der Waals surface area contributed by atoms with Gasteiger partial charge < -0.3 is 78.0 Å². The lowest BCUT2D eigenvalue weighted by Crippen LogP contribution is -2.55. The lowest BCUT2D eigenvalue weighted by Gasteiger charge is -2.44. The summed E-state index contributed by atoms with van der Waals surface area (Å²) in [4.78, 5) is 127. The molecule has 0 aliphatic carbocycles. The molecule has 2 N–H and O–H groups in total. The average Bonchev–Trinajstić information content (AvgIpc) is 1.22. The van der Waals surface area contributed by atoms with Crippen molar-refractivity contribution in [3.8, 4) is 0 Å². The van der Waals surface area contributed by atoms with Gasteiger partial charge in [0.25, 0.3) is 0 Å². The molecule has 1 unspecified atom stereocenters. The highest BCUT2D eigenvalue weighted by atomic mass is 16.5. The Kier molecular flexibility index (Phi) is 47.3. The average molecular weight is 1920 g/mol. The maximum atomic E-state index is 12.3. The normalized spacial score (nSPS) is 23.0. The van der Waals surface area contributed by atoms with Crippen LogP contribution in [0.15, 0.2) is 6.20 Å². The number of rotatable bonds is 20. The second-order valence-electron chi connectivity index (χ2n) is 48.4. The fourth-order valence-corrected chi connectivity index (χ4v) is 21.0. The number of hydrogen-bond donors (Lipinski definition) is 2. The van der Waals surface area contributed by atoms with Crippen LogP contribution >= 0.6 is 0 Å². The molecule has 12 aliphatic heterocycles. The van der Waals surface area contributed by atoms with E-state index >= 15 is 0 Å². The maximum Gasteiger partial charge on any atom is 0.409 e. The Labute approximate surface area is 820 Å². The van der Waals surface area contributed by atoms with Crippen LogP contribution in [-0.2, 0) is 63.7 Å². The molecule has 0 radical (unpaired) electrons. The fourth-order valence-electron chi connectivity index (χ4n) is 21.0. The van der Waals surface area contributed by atoms with Crippen molar-refractivity contribution < 1.29 is 72.3 Å². The van der Waals surface area contributed by atoms with E-state index in [-0.39, 0.29) is 94.2 Å². The number of methoxy groups -OCH3 is 2. The Bertz CT molecular complexity index is 3660. The first-order chi connectivity index (χ1) is 64.1. The summed E-state index contributed by atoms with van der Waals surface area (Å²) in [6.07, 6.45) is 21.5. The van der Waals surface area contributed by atoms with Crippen LogP contribution < -0.4 is 0 Å². The number of carbonyl (C=O) groups excluding carboxylic acids is 8. The van der Waals surface area contributed by atoms with E-state index in [1.807, 2.05) is 29.4 Å². The number of likely N-dealkylation sites (tertiary alicyclic amines) is 6. The highest BCUT2D eigenvalue weighted by molar-refractivity contribution is 5.79. The molecule has 0 bridgehead atoms. The van der Waals surface area contributed by atoms with E-state index in [2.05, 4.69) is 180 Å². The van der Waals surface area contributed by atoms with E-state index in [0.29, 0.717) is 98.9 Å². The van der Waals surface area contributed by atoms with E-state index in [1.54, 1.807) is 18.9 Å². The van der Waals surface area contributed by atoms with Gasteiger partial charge in [0, 0.05) is 280 Å². The van der Waals surface area contributed by atoms with Crippen LogP contribution in [0.4, 0.5) is 4.79 Å². The lowest BCUT2D eigenvalue weighted by atomic mass is 9.90. The quantitative estimate of drug-likeness (QED) is 0.123. The number of aliphatic hydroxyl groups is 2. The van der Waals surface area contributed by atoms with Gasteiger partial charge in [-0.2, -0.15) is 0 Å². The van der Waals surface area contributed by atoms with Crippen molar-refractivity contribution in [3.63, 3.8) is 0 Å². The number of morpholine rings is 2. The number of ether oxygens (including phenoxy) is 5. The SMILES string of the molecule is CC(=O)N1CCN(CC2CCN(C(=O)CC(C)(C)C)CC2)CC1.CC(C)(C)CC(=O)N1CCC(N2CCOCC2CO)CC1.CC(C)(C)CC(=O)N1CCC(N2CCO[C@H](CO)C2)CC1.CC(C)(C)Cc1cn(C2CCN(C3CCOCC3)CC2)nn1.COC(=O)N1CCN(CC2CCN(C(=O)CC(C)(C)C)CC2)CC1.COCC(=O)N1CCN(CC2CCN(C(=O)CC(C)(C)C)CC2)CC1.